The van der Waals surface area contributed by atoms with Gasteiger partial charge >= 0.3 is 0 Å². The number of benzene rings is 1. The number of piperidine rings is 1. The molecule has 4 rings (SSSR count). The fraction of sp³-hybridized carbons (Fsp3) is 0.300. The number of likely N-dealkylation sites (tertiary alicyclic amines) is 1. The third-order valence-corrected chi connectivity index (χ3v) is 4.74. The second-order valence-corrected chi connectivity index (χ2v) is 6.43. The molecule has 0 aliphatic carbocycles. The Balaban J connectivity index is 1.38. The molecule has 24 heavy (non-hydrogen) atoms. The lowest BCUT2D eigenvalue weighted by Gasteiger charge is -2.33. The summed E-state index contributed by atoms with van der Waals surface area (Å²) >= 11 is 0. The minimum atomic E-state index is 0.520. The van der Waals surface area contributed by atoms with Gasteiger partial charge in [0.1, 0.15) is 0 Å². The third kappa shape index (κ3) is 3.39. The van der Waals surface area contributed by atoms with Crippen LogP contribution in [0.25, 0.3) is 10.9 Å². The number of nitrogens with one attached hydrogen (secondary N) is 1. The Bertz CT molecular complexity index is 790. The maximum Gasteiger partial charge on any atom is 0.0933 e. The molecule has 0 bridgehead atoms. The van der Waals surface area contributed by atoms with Gasteiger partial charge in [0, 0.05) is 49.7 Å². The molecule has 1 fully saturated rings. The van der Waals surface area contributed by atoms with Gasteiger partial charge in [-0.25, -0.2) is 0 Å². The van der Waals surface area contributed by atoms with Gasteiger partial charge in [-0.2, -0.15) is 0 Å². The second kappa shape index (κ2) is 6.97. The zero-order valence-corrected chi connectivity index (χ0v) is 13.7. The zero-order valence-electron chi connectivity index (χ0n) is 13.7. The lowest BCUT2D eigenvalue weighted by Crippen LogP contribution is -2.38. The van der Waals surface area contributed by atoms with E-state index in [1.807, 2.05) is 24.7 Å². The van der Waals surface area contributed by atoms with Gasteiger partial charge in [0.15, 0.2) is 0 Å². The van der Waals surface area contributed by atoms with Crippen LogP contribution < -0.4 is 5.32 Å². The average Bonchev–Trinajstić information content (AvgIpc) is 2.65. The Labute approximate surface area is 142 Å². The number of anilines is 1. The fourth-order valence-electron chi connectivity index (χ4n) is 3.42. The first-order valence-corrected chi connectivity index (χ1v) is 8.60. The van der Waals surface area contributed by atoms with E-state index < -0.39 is 0 Å². The Morgan fingerprint density at radius 1 is 0.958 bits per heavy atom. The van der Waals surface area contributed by atoms with Crippen LogP contribution in [0.3, 0.4) is 0 Å². The van der Waals surface area contributed by atoms with E-state index in [9.17, 15) is 0 Å². The van der Waals surface area contributed by atoms with Crippen molar-refractivity contribution in [2.45, 2.75) is 25.4 Å². The number of hydrogen-bond acceptors (Lipinski definition) is 4. The van der Waals surface area contributed by atoms with Gasteiger partial charge in [0.05, 0.1) is 11.2 Å². The van der Waals surface area contributed by atoms with Gasteiger partial charge in [-0.15, -0.1) is 0 Å². The predicted octanol–water partition coefficient (Wildman–Crippen LogP) is 3.71. The summed E-state index contributed by atoms with van der Waals surface area (Å²) in [7, 11) is 0. The molecule has 122 valence electrons. The topological polar surface area (TPSA) is 41.1 Å². The van der Waals surface area contributed by atoms with Crippen molar-refractivity contribution < 1.29 is 0 Å². The Morgan fingerprint density at radius 2 is 1.75 bits per heavy atom. The molecule has 0 atom stereocenters. The van der Waals surface area contributed by atoms with Gasteiger partial charge in [-0.05, 0) is 42.7 Å². The zero-order chi connectivity index (χ0) is 16.2. The van der Waals surface area contributed by atoms with E-state index in [1.54, 1.807) is 0 Å². The van der Waals surface area contributed by atoms with Crippen LogP contribution >= 0.6 is 0 Å². The van der Waals surface area contributed by atoms with Crippen LogP contribution in [0.4, 0.5) is 5.69 Å². The van der Waals surface area contributed by atoms with Crippen molar-refractivity contribution in [1.29, 1.82) is 0 Å². The molecule has 4 nitrogen and oxygen atoms in total. The number of hydrogen-bond donors (Lipinski definition) is 1. The summed E-state index contributed by atoms with van der Waals surface area (Å²) < 4.78 is 0. The van der Waals surface area contributed by atoms with Crippen LogP contribution in [0.15, 0.2) is 61.1 Å². The van der Waals surface area contributed by atoms with E-state index in [2.05, 4.69) is 56.6 Å². The predicted molar refractivity (Wildman–Crippen MR) is 97.9 cm³/mol. The maximum absolute atomic E-state index is 4.54. The molecule has 4 heteroatoms. The number of aromatic nitrogens is 2. The number of fused-ring (bicyclic) bond motifs is 1. The number of rotatable bonds is 4. The second-order valence-electron chi connectivity index (χ2n) is 6.43. The lowest BCUT2D eigenvalue weighted by atomic mass is 10.0. The molecule has 1 aliphatic rings. The molecule has 1 aliphatic heterocycles. The highest BCUT2D eigenvalue weighted by atomic mass is 15.1. The van der Waals surface area contributed by atoms with E-state index in [4.69, 9.17) is 0 Å². The summed E-state index contributed by atoms with van der Waals surface area (Å²) in [6.45, 7) is 3.27. The normalized spacial score (nSPS) is 16.3. The Kier molecular flexibility index (Phi) is 4.38. The van der Waals surface area contributed by atoms with Crippen molar-refractivity contribution in [2.75, 3.05) is 18.4 Å². The number of nitrogens with zero attached hydrogens (tertiary/aromatic N) is 3. The molecule has 0 radical (unpaired) electrons. The minimum absolute atomic E-state index is 0.520. The van der Waals surface area contributed by atoms with Gasteiger partial charge in [0.2, 0.25) is 0 Å². The van der Waals surface area contributed by atoms with Crippen LogP contribution in [-0.4, -0.2) is 34.0 Å². The first-order chi connectivity index (χ1) is 11.9. The average molecular weight is 318 g/mol. The Hall–Kier alpha value is -2.46. The summed E-state index contributed by atoms with van der Waals surface area (Å²) in [5.41, 5.74) is 3.56. The molecular weight excluding hydrogens is 296 g/mol. The maximum atomic E-state index is 4.54. The lowest BCUT2D eigenvalue weighted by molar-refractivity contribution is 0.211. The fourth-order valence-corrected chi connectivity index (χ4v) is 3.42. The molecule has 1 N–H and O–H groups in total. The van der Waals surface area contributed by atoms with Crippen LogP contribution in [0.2, 0.25) is 0 Å². The highest BCUT2D eigenvalue weighted by Crippen LogP contribution is 2.24. The molecule has 1 aromatic carbocycles. The summed E-state index contributed by atoms with van der Waals surface area (Å²) in [5, 5.41) is 4.90. The van der Waals surface area contributed by atoms with Gasteiger partial charge in [0.25, 0.3) is 0 Å². The molecule has 0 spiro atoms. The van der Waals surface area contributed by atoms with Gasteiger partial charge < -0.3 is 5.32 Å². The Morgan fingerprint density at radius 3 is 2.58 bits per heavy atom. The molecule has 0 unspecified atom stereocenters. The quantitative estimate of drug-likeness (QED) is 0.796. The van der Waals surface area contributed by atoms with Crippen LogP contribution in [0, 0.1) is 0 Å². The van der Waals surface area contributed by atoms with Crippen molar-refractivity contribution in [3.63, 3.8) is 0 Å². The van der Waals surface area contributed by atoms with E-state index >= 15 is 0 Å². The summed E-state index contributed by atoms with van der Waals surface area (Å²) in [6, 6.07) is 15.2. The molecule has 0 saturated carbocycles. The van der Waals surface area contributed by atoms with E-state index in [-0.39, 0.29) is 0 Å². The monoisotopic (exact) mass is 318 g/mol. The minimum Gasteiger partial charge on any atom is -0.380 e. The third-order valence-electron chi connectivity index (χ3n) is 4.74. The summed E-state index contributed by atoms with van der Waals surface area (Å²) in [5.74, 6) is 0. The van der Waals surface area contributed by atoms with Crippen molar-refractivity contribution in [1.82, 2.24) is 14.9 Å². The van der Waals surface area contributed by atoms with Crippen molar-refractivity contribution in [3.05, 3.63) is 66.6 Å². The van der Waals surface area contributed by atoms with Crippen molar-refractivity contribution >= 4 is 16.6 Å². The van der Waals surface area contributed by atoms with Crippen molar-refractivity contribution in [3.8, 4) is 0 Å². The first kappa shape index (κ1) is 15.1. The standard InChI is InChI=1S/C20H22N4/c1-3-17-4-2-10-22-20(17)19(5-1)23-18-8-13-24(14-9-18)15-16-6-11-21-12-7-16/h1-7,10-12,18,23H,8-9,13-15H2. The van der Waals surface area contributed by atoms with E-state index in [0.29, 0.717) is 6.04 Å². The molecular formula is C20H22N4. The summed E-state index contributed by atoms with van der Waals surface area (Å²) in [4.78, 5) is 11.1. The highest BCUT2D eigenvalue weighted by Gasteiger charge is 2.19. The largest absolute Gasteiger partial charge is 0.380 e. The number of para-hydroxylation sites is 1. The van der Waals surface area contributed by atoms with Crippen LogP contribution in [0.5, 0.6) is 0 Å². The van der Waals surface area contributed by atoms with E-state index in [0.717, 1.165) is 43.7 Å². The first-order valence-electron chi connectivity index (χ1n) is 8.60. The molecule has 3 heterocycles. The van der Waals surface area contributed by atoms with E-state index in [1.165, 1.54) is 10.9 Å². The smallest absolute Gasteiger partial charge is 0.0933 e. The van der Waals surface area contributed by atoms with Crippen LogP contribution in [0.1, 0.15) is 18.4 Å². The van der Waals surface area contributed by atoms with Gasteiger partial charge in [-0.1, -0.05) is 18.2 Å². The molecule has 3 aromatic rings. The van der Waals surface area contributed by atoms with Crippen LogP contribution in [-0.2, 0) is 6.54 Å². The molecule has 0 amide bonds. The summed E-state index contributed by atoms with van der Waals surface area (Å²) in [6.07, 6.45) is 7.93. The number of pyridine rings is 2. The van der Waals surface area contributed by atoms with Gasteiger partial charge in [-0.3, -0.25) is 14.9 Å². The SMILES string of the molecule is c1cnc2c(NC3CCN(Cc4ccncc4)CC3)cccc2c1. The molecule has 1 saturated heterocycles. The molecule has 2 aromatic heterocycles. The highest BCUT2D eigenvalue weighted by molar-refractivity contribution is 5.90. The van der Waals surface area contributed by atoms with Crippen molar-refractivity contribution in [2.24, 2.45) is 0 Å².